The first-order chi connectivity index (χ1) is 7.20. The fourth-order valence-corrected chi connectivity index (χ4v) is 1.51. The Kier molecular flexibility index (Phi) is 2.58. The van der Waals surface area contributed by atoms with Crippen LogP contribution >= 0.6 is 0 Å². The molecule has 5 nitrogen and oxygen atoms in total. The molecule has 0 radical (unpaired) electrons. The first-order valence-electron chi connectivity index (χ1n) is 4.98. The third-order valence-corrected chi connectivity index (χ3v) is 2.24. The van der Waals surface area contributed by atoms with Gasteiger partial charge in [0.25, 0.3) is 11.8 Å². The molecular formula is C10H13N3O2. The van der Waals surface area contributed by atoms with E-state index in [-0.39, 0.29) is 12.1 Å². The Balaban J connectivity index is 2.15. The second-order valence-electron chi connectivity index (χ2n) is 3.79. The number of nitrogens with zero attached hydrogens (tertiary/aromatic N) is 3. The van der Waals surface area contributed by atoms with Crippen LogP contribution in [0.15, 0.2) is 9.98 Å². The largest absolute Gasteiger partial charge is 0.473 e. The Morgan fingerprint density at radius 2 is 1.67 bits per heavy atom. The van der Waals surface area contributed by atoms with Crippen LogP contribution in [0.3, 0.4) is 0 Å². The van der Waals surface area contributed by atoms with Crippen molar-refractivity contribution in [1.82, 2.24) is 0 Å². The van der Waals surface area contributed by atoms with E-state index in [1.165, 1.54) is 0 Å². The van der Waals surface area contributed by atoms with Crippen molar-refractivity contribution < 1.29 is 9.47 Å². The van der Waals surface area contributed by atoms with Gasteiger partial charge in [-0.15, -0.1) is 0 Å². The van der Waals surface area contributed by atoms with E-state index in [9.17, 15) is 0 Å². The molecule has 2 heterocycles. The van der Waals surface area contributed by atoms with E-state index >= 15 is 0 Å². The number of aliphatic imine (C=N–C) groups is 2. The molecule has 0 saturated heterocycles. The minimum Gasteiger partial charge on any atom is -0.473 e. The van der Waals surface area contributed by atoms with Crippen molar-refractivity contribution in [2.75, 3.05) is 13.2 Å². The average molecular weight is 207 g/mol. The molecule has 2 rings (SSSR count). The summed E-state index contributed by atoms with van der Waals surface area (Å²) in [6, 6.07) is -0.327. The summed E-state index contributed by atoms with van der Waals surface area (Å²) in [7, 11) is 0. The summed E-state index contributed by atoms with van der Waals surface area (Å²) in [5.74, 6) is 0.899. The van der Waals surface area contributed by atoms with Gasteiger partial charge < -0.3 is 9.47 Å². The zero-order chi connectivity index (χ0) is 10.8. The van der Waals surface area contributed by atoms with Crippen molar-refractivity contribution in [3.63, 3.8) is 0 Å². The monoisotopic (exact) mass is 207 g/mol. The molecule has 5 heteroatoms. The molecule has 0 unspecified atom stereocenters. The van der Waals surface area contributed by atoms with Gasteiger partial charge in [0.05, 0.1) is 12.1 Å². The Morgan fingerprint density at radius 1 is 1.20 bits per heavy atom. The Bertz CT molecular complexity index is 328. The lowest BCUT2D eigenvalue weighted by atomic mass is 10.3. The maximum atomic E-state index is 7.12. The highest BCUT2D eigenvalue weighted by Crippen LogP contribution is 2.15. The third kappa shape index (κ3) is 1.94. The molecule has 0 amide bonds. The van der Waals surface area contributed by atoms with Crippen LogP contribution in [-0.4, -0.2) is 43.1 Å². The second kappa shape index (κ2) is 3.89. The van der Waals surface area contributed by atoms with Gasteiger partial charge in [-0.25, -0.2) is 16.6 Å². The van der Waals surface area contributed by atoms with Gasteiger partial charge in [0, 0.05) is 0 Å². The zero-order valence-electron chi connectivity index (χ0n) is 8.80. The Morgan fingerprint density at radius 3 is 1.93 bits per heavy atom. The molecule has 15 heavy (non-hydrogen) atoms. The number of rotatable bonds is 2. The van der Waals surface area contributed by atoms with Gasteiger partial charge in [0.15, 0.2) is 0 Å². The van der Waals surface area contributed by atoms with Crippen molar-refractivity contribution in [2.45, 2.75) is 32.0 Å². The van der Waals surface area contributed by atoms with Crippen molar-refractivity contribution in [1.29, 1.82) is 0 Å². The molecule has 0 spiro atoms. The molecule has 0 aliphatic carbocycles. The Hall–Kier alpha value is -1.57. The van der Waals surface area contributed by atoms with E-state index in [0.29, 0.717) is 25.0 Å². The van der Waals surface area contributed by atoms with Crippen molar-refractivity contribution in [3.05, 3.63) is 11.4 Å². The van der Waals surface area contributed by atoms with Crippen molar-refractivity contribution in [3.8, 4) is 0 Å². The Labute approximate surface area is 88.6 Å². The van der Waals surface area contributed by atoms with Crippen LogP contribution in [0.25, 0.3) is 4.85 Å². The molecular weight excluding hydrogens is 194 g/mol. The van der Waals surface area contributed by atoms with E-state index in [1.54, 1.807) is 0 Å². The topological polar surface area (TPSA) is 47.5 Å². The highest BCUT2D eigenvalue weighted by atomic mass is 16.5. The van der Waals surface area contributed by atoms with Crippen LogP contribution < -0.4 is 0 Å². The maximum absolute atomic E-state index is 7.12. The van der Waals surface area contributed by atoms with Crippen LogP contribution in [0, 0.1) is 6.57 Å². The van der Waals surface area contributed by atoms with Gasteiger partial charge in [-0.1, -0.05) is 0 Å². The normalized spacial score (nSPS) is 29.2. The maximum Gasteiger partial charge on any atom is 0.370 e. The number of ether oxygens (including phenoxy) is 2. The van der Waals surface area contributed by atoms with Crippen LogP contribution in [-0.2, 0) is 9.47 Å². The lowest BCUT2D eigenvalue weighted by molar-refractivity contribution is 0.301. The molecule has 2 atom stereocenters. The molecule has 0 fully saturated rings. The minimum atomic E-state index is -0.583. The molecule has 0 bridgehead atoms. The third-order valence-electron chi connectivity index (χ3n) is 2.24. The summed E-state index contributed by atoms with van der Waals surface area (Å²) in [5, 5.41) is 0. The smallest absolute Gasteiger partial charge is 0.370 e. The molecule has 0 aromatic carbocycles. The first kappa shape index (κ1) is 9.97. The molecule has 80 valence electrons. The van der Waals surface area contributed by atoms with Crippen LogP contribution in [0.2, 0.25) is 0 Å². The van der Waals surface area contributed by atoms with Gasteiger partial charge in [-0.05, 0) is 13.8 Å². The lowest BCUT2D eigenvalue weighted by Crippen LogP contribution is -2.27. The van der Waals surface area contributed by atoms with E-state index in [2.05, 4.69) is 14.8 Å². The fourth-order valence-electron chi connectivity index (χ4n) is 1.51. The summed E-state index contributed by atoms with van der Waals surface area (Å²) < 4.78 is 10.7. The second-order valence-corrected chi connectivity index (χ2v) is 3.79. The molecule has 2 aliphatic heterocycles. The van der Waals surface area contributed by atoms with E-state index in [0.717, 1.165) is 0 Å². The van der Waals surface area contributed by atoms with Gasteiger partial charge in [0.2, 0.25) is 0 Å². The van der Waals surface area contributed by atoms with Crippen LogP contribution in [0.5, 0.6) is 0 Å². The summed E-state index contributed by atoms with van der Waals surface area (Å²) in [5.41, 5.74) is 0. The summed E-state index contributed by atoms with van der Waals surface area (Å²) in [6.45, 7) is 12.1. The summed E-state index contributed by atoms with van der Waals surface area (Å²) >= 11 is 0. The predicted octanol–water partition coefficient (Wildman–Crippen LogP) is 0.909. The number of hydrogen-bond donors (Lipinski definition) is 0. The van der Waals surface area contributed by atoms with Gasteiger partial charge in [0.1, 0.15) is 13.2 Å². The standard InChI is InChI=1S/C10H13N3O2/c1-6-4-14-9(12-6)8(11-3)10-13-7(2)5-15-10/h6-8H,4-5H2,1-2H3/t6-,7-/m1/s1. The summed E-state index contributed by atoms with van der Waals surface area (Å²) in [4.78, 5) is 12.0. The highest BCUT2D eigenvalue weighted by Gasteiger charge is 2.37. The van der Waals surface area contributed by atoms with Crippen molar-refractivity contribution >= 4 is 11.8 Å². The first-order valence-corrected chi connectivity index (χ1v) is 4.98. The minimum absolute atomic E-state index is 0.128. The molecule has 0 aromatic rings. The number of hydrogen-bond acceptors (Lipinski definition) is 4. The van der Waals surface area contributed by atoms with E-state index in [1.807, 2.05) is 13.8 Å². The zero-order valence-corrected chi connectivity index (χ0v) is 8.80. The van der Waals surface area contributed by atoms with E-state index < -0.39 is 6.04 Å². The van der Waals surface area contributed by atoms with Crippen LogP contribution in [0.4, 0.5) is 0 Å². The predicted molar refractivity (Wildman–Crippen MR) is 56.1 cm³/mol. The summed E-state index contributed by atoms with van der Waals surface area (Å²) in [6.07, 6.45) is 0. The molecule has 0 saturated carbocycles. The fraction of sp³-hybridized carbons (Fsp3) is 0.700. The van der Waals surface area contributed by atoms with Gasteiger partial charge >= 0.3 is 6.04 Å². The lowest BCUT2D eigenvalue weighted by Gasteiger charge is -2.04. The van der Waals surface area contributed by atoms with Crippen LogP contribution in [0.1, 0.15) is 13.8 Å². The van der Waals surface area contributed by atoms with Gasteiger partial charge in [-0.3, -0.25) is 4.85 Å². The quantitative estimate of drug-likeness (QED) is 0.632. The average Bonchev–Trinajstić information content (AvgIpc) is 2.78. The molecule has 2 aliphatic rings. The van der Waals surface area contributed by atoms with E-state index in [4.69, 9.17) is 16.0 Å². The molecule has 0 aromatic heterocycles. The molecule has 0 N–H and O–H groups in total. The highest BCUT2D eigenvalue weighted by molar-refractivity contribution is 6.07. The van der Waals surface area contributed by atoms with Gasteiger partial charge in [-0.2, -0.15) is 0 Å². The SMILES string of the molecule is [C-]#[N+]C(C1=N[C@H](C)CO1)C1=N[C@H](C)CO1. The van der Waals surface area contributed by atoms with Crippen molar-refractivity contribution in [2.24, 2.45) is 9.98 Å².